The van der Waals surface area contributed by atoms with Gasteiger partial charge < -0.3 is 46.0 Å². The minimum Gasteiger partial charge on any atom is -0.464 e. The standard InChI is InChI=1S/C21H28N8O9P2/c1-3-38-20(31)14(8-15(39(32,33)34)40(35,36)37)26-19(30)11-4-6-13(7-5-11)29(2)10-12-9-24-18-16(25-12)17(22)27-21(23)28-18/h4-7,9,14-15H,3,8,10H2,1-2H3,(H,26,30)(H2,32,33,34)(H2,35,36,37)(H4,22,23,24,27,28). The summed E-state index contributed by atoms with van der Waals surface area (Å²) in [4.78, 5) is 81.1. The lowest BCUT2D eigenvalue weighted by Gasteiger charge is -2.24. The van der Waals surface area contributed by atoms with Crippen LogP contribution in [-0.2, 0) is 25.2 Å². The highest BCUT2D eigenvalue weighted by Crippen LogP contribution is 2.61. The lowest BCUT2D eigenvalue weighted by molar-refractivity contribution is -0.145. The zero-order valence-electron chi connectivity index (χ0n) is 21.3. The van der Waals surface area contributed by atoms with E-state index in [-0.39, 0.29) is 36.1 Å². The molecule has 1 aromatic carbocycles. The van der Waals surface area contributed by atoms with Gasteiger partial charge in [0.2, 0.25) is 5.95 Å². The van der Waals surface area contributed by atoms with Crippen molar-refractivity contribution in [2.75, 3.05) is 30.0 Å². The number of rotatable bonds is 11. The van der Waals surface area contributed by atoms with Gasteiger partial charge in [0.05, 0.1) is 25.0 Å². The second kappa shape index (κ2) is 12.2. The molecule has 0 saturated heterocycles. The SMILES string of the molecule is CCOC(=O)C(CC(P(=O)(O)O)P(=O)(O)O)NC(=O)c1ccc(N(C)Cc2cnc3nc(N)nc(N)c3n2)cc1. The van der Waals surface area contributed by atoms with Crippen LogP contribution in [0.15, 0.2) is 30.5 Å². The third-order valence-electron chi connectivity index (χ3n) is 5.57. The first-order valence-corrected chi connectivity index (χ1v) is 14.9. The molecule has 0 bridgehead atoms. The molecule has 1 atom stereocenters. The van der Waals surface area contributed by atoms with Gasteiger partial charge >= 0.3 is 21.2 Å². The molecule has 1 unspecified atom stereocenters. The third-order valence-corrected chi connectivity index (χ3v) is 9.35. The van der Waals surface area contributed by atoms with Crippen molar-refractivity contribution in [3.63, 3.8) is 0 Å². The summed E-state index contributed by atoms with van der Waals surface area (Å²) in [5.41, 5.74) is 13.2. The molecule has 0 radical (unpaired) electrons. The Morgan fingerprint density at radius 2 is 1.68 bits per heavy atom. The van der Waals surface area contributed by atoms with Crippen LogP contribution >= 0.6 is 15.2 Å². The fourth-order valence-corrected chi connectivity index (χ4v) is 6.18. The first kappa shape index (κ1) is 30.8. The number of nitrogen functional groups attached to an aromatic ring is 2. The van der Waals surface area contributed by atoms with Gasteiger partial charge in [-0.25, -0.2) is 14.8 Å². The van der Waals surface area contributed by atoms with Crippen LogP contribution in [0, 0.1) is 0 Å². The van der Waals surface area contributed by atoms with Crippen molar-refractivity contribution in [1.29, 1.82) is 0 Å². The van der Waals surface area contributed by atoms with Gasteiger partial charge in [0.25, 0.3) is 5.91 Å². The van der Waals surface area contributed by atoms with Gasteiger partial charge in [-0.15, -0.1) is 0 Å². The van der Waals surface area contributed by atoms with E-state index in [1.54, 1.807) is 24.1 Å². The highest BCUT2D eigenvalue weighted by atomic mass is 31.2. The van der Waals surface area contributed by atoms with Crippen LogP contribution in [0.25, 0.3) is 11.2 Å². The second-order valence-electron chi connectivity index (χ2n) is 8.58. The Hall–Kier alpha value is -3.72. The van der Waals surface area contributed by atoms with Crippen LogP contribution < -0.4 is 21.7 Å². The molecule has 17 nitrogen and oxygen atoms in total. The predicted octanol–water partition coefficient (Wildman–Crippen LogP) is -0.0463. The molecule has 3 rings (SSSR count). The van der Waals surface area contributed by atoms with Gasteiger partial charge in [-0.05, 0) is 31.2 Å². The normalized spacial score (nSPS) is 12.8. The number of fused-ring (bicyclic) bond motifs is 1. The minimum absolute atomic E-state index is 0.0229. The van der Waals surface area contributed by atoms with Crippen LogP contribution in [0.4, 0.5) is 17.5 Å². The van der Waals surface area contributed by atoms with E-state index in [1.807, 2.05) is 0 Å². The van der Waals surface area contributed by atoms with Crippen LogP contribution in [0.2, 0.25) is 0 Å². The van der Waals surface area contributed by atoms with E-state index < -0.39 is 44.9 Å². The molecule has 0 fully saturated rings. The van der Waals surface area contributed by atoms with Gasteiger partial charge in [0.15, 0.2) is 22.4 Å². The Balaban J connectivity index is 1.75. The van der Waals surface area contributed by atoms with E-state index in [9.17, 15) is 38.3 Å². The number of aromatic nitrogens is 4. The number of anilines is 3. The summed E-state index contributed by atoms with van der Waals surface area (Å²) in [6.45, 7) is 1.60. The maximum absolute atomic E-state index is 12.8. The van der Waals surface area contributed by atoms with Crippen LogP contribution in [0.1, 0.15) is 29.4 Å². The summed E-state index contributed by atoms with van der Waals surface area (Å²) < 4.78 is 28.2. The van der Waals surface area contributed by atoms with E-state index in [0.29, 0.717) is 16.9 Å². The number of esters is 1. The van der Waals surface area contributed by atoms with Crippen molar-refractivity contribution >= 4 is 55.7 Å². The number of nitrogens with two attached hydrogens (primary N) is 2. The Morgan fingerprint density at radius 1 is 1.05 bits per heavy atom. The maximum Gasteiger partial charge on any atom is 0.340 e. The Labute approximate surface area is 227 Å². The van der Waals surface area contributed by atoms with Gasteiger partial charge in [-0.2, -0.15) is 9.97 Å². The van der Waals surface area contributed by atoms with Crippen molar-refractivity contribution in [2.45, 2.75) is 31.3 Å². The van der Waals surface area contributed by atoms with Crippen molar-refractivity contribution < 1.29 is 43.0 Å². The molecule has 0 aliphatic heterocycles. The fourth-order valence-electron chi connectivity index (χ4n) is 3.64. The summed E-state index contributed by atoms with van der Waals surface area (Å²) in [7, 11) is -8.94. The quantitative estimate of drug-likeness (QED) is 0.112. The third kappa shape index (κ3) is 7.69. The molecular weight excluding hydrogens is 570 g/mol. The van der Waals surface area contributed by atoms with Gasteiger partial charge in [0.1, 0.15) is 6.04 Å². The monoisotopic (exact) mass is 598 g/mol. The molecule has 0 aliphatic rings. The number of carbonyl (C=O) groups is 2. The average molecular weight is 598 g/mol. The Kier molecular flexibility index (Phi) is 9.40. The zero-order chi connectivity index (χ0) is 29.8. The van der Waals surface area contributed by atoms with Crippen molar-refractivity contribution in [3.05, 3.63) is 41.7 Å². The van der Waals surface area contributed by atoms with E-state index in [1.165, 1.54) is 25.3 Å². The first-order valence-electron chi connectivity index (χ1n) is 11.5. The van der Waals surface area contributed by atoms with Gasteiger partial charge in [0, 0.05) is 24.7 Å². The number of hydrogen-bond donors (Lipinski definition) is 7. The molecule has 2 aromatic heterocycles. The summed E-state index contributed by atoms with van der Waals surface area (Å²) in [5.74, 6) is -1.88. The van der Waals surface area contributed by atoms with Crippen molar-refractivity contribution in [2.24, 2.45) is 0 Å². The molecule has 19 heteroatoms. The fraction of sp³-hybridized carbons (Fsp3) is 0.333. The number of ether oxygens (including phenoxy) is 1. The predicted molar refractivity (Wildman–Crippen MR) is 143 cm³/mol. The summed E-state index contributed by atoms with van der Waals surface area (Å²) >= 11 is 0. The number of nitrogens with one attached hydrogen (secondary N) is 1. The molecule has 1 amide bonds. The molecule has 0 spiro atoms. The number of nitrogens with zero attached hydrogens (tertiary/aromatic N) is 5. The number of benzene rings is 1. The molecule has 216 valence electrons. The highest BCUT2D eigenvalue weighted by Gasteiger charge is 2.46. The molecule has 0 saturated carbocycles. The average Bonchev–Trinajstić information content (AvgIpc) is 2.85. The van der Waals surface area contributed by atoms with Crippen LogP contribution in [0.3, 0.4) is 0 Å². The molecule has 9 N–H and O–H groups in total. The Bertz CT molecular complexity index is 1470. The summed E-state index contributed by atoms with van der Waals surface area (Å²) in [5, 5.41) is -0.268. The molecule has 0 aliphatic carbocycles. The summed E-state index contributed by atoms with van der Waals surface area (Å²) in [6.07, 6.45) is 0.458. The largest absolute Gasteiger partial charge is 0.464 e. The van der Waals surface area contributed by atoms with E-state index in [0.717, 1.165) is 0 Å². The number of carbonyl (C=O) groups excluding carboxylic acids is 2. The van der Waals surface area contributed by atoms with Gasteiger partial charge in [-0.1, -0.05) is 0 Å². The first-order chi connectivity index (χ1) is 18.6. The van der Waals surface area contributed by atoms with Gasteiger partial charge in [-0.3, -0.25) is 13.9 Å². The lowest BCUT2D eigenvalue weighted by atomic mass is 10.1. The molecule has 2 heterocycles. The van der Waals surface area contributed by atoms with Crippen LogP contribution in [0.5, 0.6) is 0 Å². The highest BCUT2D eigenvalue weighted by molar-refractivity contribution is 7.70. The number of amides is 1. The van der Waals surface area contributed by atoms with Crippen molar-refractivity contribution in [3.8, 4) is 0 Å². The zero-order valence-corrected chi connectivity index (χ0v) is 23.1. The van der Waals surface area contributed by atoms with E-state index >= 15 is 0 Å². The summed E-state index contributed by atoms with van der Waals surface area (Å²) in [6, 6.07) is 4.30. The minimum atomic E-state index is -5.35. The molecule has 3 aromatic rings. The van der Waals surface area contributed by atoms with E-state index in [2.05, 4.69) is 25.3 Å². The lowest BCUT2D eigenvalue weighted by Crippen LogP contribution is -2.44. The van der Waals surface area contributed by atoms with Crippen molar-refractivity contribution in [1.82, 2.24) is 25.3 Å². The van der Waals surface area contributed by atoms with Crippen LogP contribution in [-0.4, -0.2) is 76.5 Å². The molecular formula is C21H28N8O9P2. The molecule has 40 heavy (non-hydrogen) atoms. The maximum atomic E-state index is 12.8. The Morgan fingerprint density at radius 3 is 2.25 bits per heavy atom. The number of hydrogen-bond acceptors (Lipinski definition) is 12. The van der Waals surface area contributed by atoms with E-state index in [4.69, 9.17) is 16.2 Å². The topological polar surface area (TPSA) is 277 Å². The smallest absolute Gasteiger partial charge is 0.340 e. The second-order valence-corrected chi connectivity index (χ2v) is 12.6.